The summed E-state index contributed by atoms with van der Waals surface area (Å²) in [5.41, 5.74) is -4.86. The van der Waals surface area contributed by atoms with Crippen LogP contribution in [0.25, 0.3) is 0 Å². The van der Waals surface area contributed by atoms with E-state index in [-0.39, 0.29) is 6.08 Å². The quantitative estimate of drug-likeness (QED) is 0.646. The molecule has 0 unspecified atom stereocenters. The smallest absolute Gasteiger partial charge is 0.384 e. The number of alkyl halides is 4. The Bertz CT molecular complexity index is 415. The van der Waals surface area contributed by atoms with Crippen molar-refractivity contribution < 1.29 is 27.1 Å². The van der Waals surface area contributed by atoms with Crippen molar-refractivity contribution in [1.29, 1.82) is 0 Å². The molecule has 1 rings (SSSR count). The van der Waals surface area contributed by atoms with Crippen molar-refractivity contribution in [3.63, 3.8) is 0 Å². The number of rotatable bonds is 3. The van der Waals surface area contributed by atoms with Gasteiger partial charge in [-0.2, -0.15) is 13.2 Å². The average molecular weight is 252 g/mol. The van der Waals surface area contributed by atoms with E-state index >= 15 is 0 Å². The van der Waals surface area contributed by atoms with Gasteiger partial charge in [-0.05, 0) is 12.1 Å². The number of halogens is 5. The minimum absolute atomic E-state index is 0.0793. The predicted molar refractivity (Wildman–Crippen MR) is 51.5 cm³/mol. The van der Waals surface area contributed by atoms with Crippen LogP contribution in [0.3, 0.4) is 0 Å². The van der Waals surface area contributed by atoms with Crippen LogP contribution in [0.2, 0.25) is 0 Å². The molecule has 0 amide bonds. The number of benzene rings is 1. The summed E-state index contributed by atoms with van der Waals surface area (Å²) in [5, 5.41) is 9.35. The maximum Gasteiger partial charge on any atom is 0.429 e. The molecule has 0 fully saturated rings. The molecule has 0 aliphatic carbocycles. The third-order valence-electron chi connectivity index (χ3n) is 2.33. The van der Waals surface area contributed by atoms with E-state index in [1.54, 1.807) is 0 Å². The van der Waals surface area contributed by atoms with Crippen LogP contribution in [-0.4, -0.2) is 17.0 Å². The van der Waals surface area contributed by atoms with Crippen LogP contribution in [0.4, 0.5) is 22.0 Å². The van der Waals surface area contributed by atoms with Gasteiger partial charge in [-0.25, -0.2) is 8.78 Å². The van der Waals surface area contributed by atoms with Gasteiger partial charge in [-0.1, -0.05) is 24.8 Å². The highest BCUT2D eigenvalue weighted by Crippen LogP contribution is 2.44. The molecule has 0 radical (unpaired) electrons. The van der Waals surface area contributed by atoms with Gasteiger partial charge in [0.25, 0.3) is 5.67 Å². The highest BCUT2D eigenvalue weighted by Gasteiger charge is 2.59. The summed E-state index contributed by atoms with van der Waals surface area (Å²) in [6.45, 7) is 2.70. The number of aliphatic hydroxyl groups excluding tert-OH is 1. The van der Waals surface area contributed by atoms with Crippen LogP contribution in [0.1, 0.15) is 11.7 Å². The zero-order chi connectivity index (χ0) is 13.3. The number of hydrogen-bond donors (Lipinski definition) is 1. The Kier molecular flexibility index (Phi) is 3.56. The van der Waals surface area contributed by atoms with Crippen molar-refractivity contribution in [2.75, 3.05) is 0 Å². The molecular weight excluding hydrogens is 243 g/mol. The van der Waals surface area contributed by atoms with Gasteiger partial charge < -0.3 is 5.11 Å². The normalized spacial score (nSPS) is 17.3. The molecule has 1 nitrogen and oxygen atoms in total. The molecule has 0 aromatic heterocycles. The molecule has 1 aromatic rings. The highest BCUT2D eigenvalue weighted by atomic mass is 19.4. The Morgan fingerprint density at radius 1 is 1.18 bits per heavy atom. The molecule has 0 aliphatic rings. The summed E-state index contributed by atoms with van der Waals surface area (Å²) in [4.78, 5) is 0. The predicted octanol–water partition coefficient (Wildman–Crippen LogP) is 3.32. The Balaban J connectivity index is 3.24. The fourth-order valence-electron chi connectivity index (χ4n) is 1.31. The minimum Gasteiger partial charge on any atom is -0.384 e. The van der Waals surface area contributed by atoms with Gasteiger partial charge in [0, 0.05) is 5.56 Å². The molecule has 0 spiro atoms. The topological polar surface area (TPSA) is 20.2 Å². The number of hydrogen-bond acceptors (Lipinski definition) is 1. The van der Waals surface area contributed by atoms with E-state index < -0.39 is 29.3 Å². The summed E-state index contributed by atoms with van der Waals surface area (Å²) in [6, 6.07) is 4.12. The van der Waals surface area contributed by atoms with E-state index in [1.165, 1.54) is 12.1 Å². The maximum absolute atomic E-state index is 13.6. The van der Waals surface area contributed by atoms with Crippen LogP contribution in [0, 0.1) is 5.82 Å². The van der Waals surface area contributed by atoms with Crippen LogP contribution in [-0.2, 0) is 0 Å². The van der Waals surface area contributed by atoms with Crippen LogP contribution < -0.4 is 0 Å². The minimum atomic E-state index is -5.38. The van der Waals surface area contributed by atoms with Gasteiger partial charge in [0.05, 0.1) is 0 Å². The van der Waals surface area contributed by atoms with Crippen molar-refractivity contribution >= 4 is 0 Å². The third-order valence-corrected chi connectivity index (χ3v) is 2.33. The molecule has 1 N–H and O–H groups in total. The first kappa shape index (κ1) is 13.6. The first-order valence-electron chi connectivity index (χ1n) is 4.55. The van der Waals surface area contributed by atoms with E-state index in [4.69, 9.17) is 0 Å². The average Bonchev–Trinajstić information content (AvgIpc) is 2.26. The Morgan fingerprint density at radius 3 is 2.12 bits per heavy atom. The summed E-state index contributed by atoms with van der Waals surface area (Å²) < 4.78 is 64.1. The molecule has 2 atom stereocenters. The largest absolute Gasteiger partial charge is 0.429 e. The first-order chi connectivity index (χ1) is 7.74. The van der Waals surface area contributed by atoms with Crippen molar-refractivity contribution in [2.45, 2.75) is 17.9 Å². The number of aliphatic hydroxyl groups is 1. The SMILES string of the molecule is C=C[C@@](F)([C@@H](O)c1ccccc1F)C(F)(F)F. The molecule has 94 valence electrons. The van der Waals surface area contributed by atoms with Crippen LogP contribution >= 0.6 is 0 Å². The Hall–Kier alpha value is -1.43. The summed E-state index contributed by atoms with van der Waals surface area (Å²) in [6.07, 6.45) is -8.15. The van der Waals surface area contributed by atoms with E-state index in [0.29, 0.717) is 0 Å². The lowest BCUT2D eigenvalue weighted by Gasteiger charge is -2.29. The third kappa shape index (κ3) is 2.31. The zero-order valence-electron chi connectivity index (χ0n) is 8.51. The summed E-state index contributed by atoms with van der Waals surface area (Å²) >= 11 is 0. The van der Waals surface area contributed by atoms with Crippen molar-refractivity contribution in [3.8, 4) is 0 Å². The van der Waals surface area contributed by atoms with Crippen molar-refractivity contribution in [3.05, 3.63) is 48.3 Å². The lowest BCUT2D eigenvalue weighted by atomic mass is 9.92. The van der Waals surface area contributed by atoms with E-state index in [1.807, 2.05) is 0 Å². The summed E-state index contributed by atoms with van der Waals surface area (Å²) in [5.74, 6) is -1.12. The van der Waals surface area contributed by atoms with Gasteiger partial charge in [0.1, 0.15) is 11.9 Å². The monoisotopic (exact) mass is 252 g/mol. The van der Waals surface area contributed by atoms with E-state index in [9.17, 15) is 27.1 Å². The molecule has 1 aromatic carbocycles. The summed E-state index contributed by atoms with van der Waals surface area (Å²) in [7, 11) is 0. The molecule has 17 heavy (non-hydrogen) atoms. The lowest BCUT2D eigenvalue weighted by molar-refractivity contribution is -0.242. The lowest BCUT2D eigenvalue weighted by Crippen LogP contribution is -2.44. The molecule has 0 aliphatic heterocycles. The van der Waals surface area contributed by atoms with Crippen LogP contribution in [0.5, 0.6) is 0 Å². The van der Waals surface area contributed by atoms with Crippen molar-refractivity contribution in [2.24, 2.45) is 0 Å². The van der Waals surface area contributed by atoms with Gasteiger partial charge in [0.2, 0.25) is 0 Å². The first-order valence-corrected chi connectivity index (χ1v) is 4.55. The molecular formula is C11H9F5O. The molecule has 0 saturated carbocycles. The molecule has 0 saturated heterocycles. The van der Waals surface area contributed by atoms with Gasteiger partial charge >= 0.3 is 6.18 Å². The van der Waals surface area contributed by atoms with Gasteiger partial charge in [-0.15, -0.1) is 0 Å². The molecule has 0 heterocycles. The zero-order valence-corrected chi connectivity index (χ0v) is 8.51. The Morgan fingerprint density at radius 2 is 1.71 bits per heavy atom. The van der Waals surface area contributed by atoms with Gasteiger partial charge in [-0.3, -0.25) is 0 Å². The standard InChI is InChI=1S/C11H9F5O/c1-2-10(13,11(14,15)16)9(17)7-5-3-4-6-8(7)12/h2-6,9,17H,1H2/t9-,10+/m0/s1. The van der Waals surface area contributed by atoms with Gasteiger partial charge in [0.15, 0.2) is 0 Å². The van der Waals surface area contributed by atoms with E-state index in [0.717, 1.165) is 12.1 Å². The second-order valence-corrected chi connectivity index (χ2v) is 3.39. The fourth-order valence-corrected chi connectivity index (χ4v) is 1.31. The van der Waals surface area contributed by atoms with Crippen molar-refractivity contribution in [1.82, 2.24) is 0 Å². The molecule has 0 bridgehead atoms. The fraction of sp³-hybridized carbons (Fsp3) is 0.273. The second-order valence-electron chi connectivity index (χ2n) is 3.39. The van der Waals surface area contributed by atoms with E-state index in [2.05, 4.69) is 6.58 Å². The second kappa shape index (κ2) is 4.44. The van der Waals surface area contributed by atoms with Crippen LogP contribution in [0.15, 0.2) is 36.9 Å². The Labute approximate surface area is 94.2 Å². The highest BCUT2D eigenvalue weighted by molar-refractivity contribution is 5.26. The maximum atomic E-state index is 13.6. The molecule has 6 heteroatoms.